The number of amides is 1. The lowest BCUT2D eigenvalue weighted by atomic mass is 10.1. The Morgan fingerprint density at radius 1 is 1.19 bits per heavy atom. The highest BCUT2D eigenvalue weighted by Gasteiger charge is 2.30. The van der Waals surface area contributed by atoms with Gasteiger partial charge in [0, 0.05) is 39.9 Å². The second-order valence-electron chi connectivity index (χ2n) is 5.90. The van der Waals surface area contributed by atoms with E-state index in [-0.39, 0.29) is 5.91 Å². The van der Waals surface area contributed by atoms with E-state index in [1.54, 1.807) is 36.5 Å². The normalized spacial score (nSPS) is 16.0. The second-order valence-corrected chi connectivity index (χ2v) is 6.33. The van der Waals surface area contributed by atoms with Gasteiger partial charge in [0.25, 0.3) is 5.91 Å². The molecule has 26 heavy (non-hydrogen) atoms. The SMILES string of the molecule is O=C1Nc2cc(Cl)ccc2C1NN=CCc1cc2ccccc2oc1=O. The quantitative estimate of drug-likeness (QED) is 0.421. The van der Waals surface area contributed by atoms with Gasteiger partial charge in [0.05, 0.1) is 0 Å². The van der Waals surface area contributed by atoms with Crippen LogP contribution in [0.5, 0.6) is 0 Å². The van der Waals surface area contributed by atoms with Crippen molar-refractivity contribution in [1.82, 2.24) is 5.43 Å². The number of fused-ring (bicyclic) bond motifs is 2. The van der Waals surface area contributed by atoms with Crippen LogP contribution in [0.15, 0.2) is 62.8 Å². The third-order valence-electron chi connectivity index (χ3n) is 4.17. The maximum Gasteiger partial charge on any atom is 0.339 e. The molecule has 0 aliphatic carbocycles. The molecular formula is C19H14ClN3O3. The number of rotatable bonds is 4. The van der Waals surface area contributed by atoms with Gasteiger partial charge in [-0.3, -0.25) is 10.2 Å². The predicted octanol–water partition coefficient (Wildman–Crippen LogP) is 3.26. The molecule has 7 heteroatoms. The van der Waals surface area contributed by atoms with Crippen molar-refractivity contribution in [1.29, 1.82) is 0 Å². The van der Waals surface area contributed by atoms with Crippen LogP contribution in [-0.2, 0) is 11.2 Å². The minimum Gasteiger partial charge on any atom is -0.423 e. The van der Waals surface area contributed by atoms with Gasteiger partial charge in [-0.1, -0.05) is 35.9 Å². The summed E-state index contributed by atoms with van der Waals surface area (Å²) in [5.74, 6) is -0.204. The number of carbonyl (C=O) groups excluding carboxylic acids is 1. The van der Waals surface area contributed by atoms with Gasteiger partial charge in [0.2, 0.25) is 0 Å². The van der Waals surface area contributed by atoms with Crippen LogP contribution in [0.25, 0.3) is 11.0 Å². The smallest absolute Gasteiger partial charge is 0.339 e. The Morgan fingerprint density at radius 2 is 2.04 bits per heavy atom. The van der Waals surface area contributed by atoms with Crippen LogP contribution in [0, 0.1) is 0 Å². The lowest BCUT2D eigenvalue weighted by Gasteiger charge is -2.07. The Balaban J connectivity index is 1.48. The van der Waals surface area contributed by atoms with Crippen LogP contribution in [0.4, 0.5) is 5.69 Å². The standard InChI is InChI=1S/C19H14ClN3O3/c20-13-5-6-14-15(10-13)22-18(24)17(14)23-21-8-7-12-9-11-3-1-2-4-16(11)26-19(12)25/h1-6,8-10,17,23H,7H2,(H,22,24). The number of hydrogen-bond acceptors (Lipinski definition) is 5. The van der Waals surface area contributed by atoms with Crippen LogP contribution >= 0.6 is 11.6 Å². The Morgan fingerprint density at radius 3 is 2.92 bits per heavy atom. The molecule has 2 heterocycles. The lowest BCUT2D eigenvalue weighted by molar-refractivity contribution is -0.117. The van der Waals surface area contributed by atoms with Crippen LogP contribution in [-0.4, -0.2) is 12.1 Å². The largest absolute Gasteiger partial charge is 0.423 e. The van der Waals surface area contributed by atoms with Gasteiger partial charge < -0.3 is 9.73 Å². The maximum absolute atomic E-state index is 12.1. The summed E-state index contributed by atoms with van der Waals surface area (Å²) >= 11 is 5.93. The van der Waals surface area contributed by atoms with Crippen molar-refractivity contribution in [2.45, 2.75) is 12.5 Å². The fourth-order valence-corrected chi connectivity index (χ4v) is 3.05. The topological polar surface area (TPSA) is 83.7 Å². The van der Waals surface area contributed by atoms with E-state index >= 15 is 0 Å². The molecule has 2 N–H and O–H groups in total. The van der Waals surface area contributed by atoms with Gasteiger partial charge in [-0.15, -0.1) is 0 Å². The third-order valence-corrected chi connectivity index (χ3v) is 4.40. The Kier molecular flexibility index (Phi) is 4.18. The molecule has 1 aliphatic heterocycles. The van der Waals surface area contributed by atoms with Crippen LogP contribution in [0.1, 0.15) is 17.2 Å². The van der Waals surface area contributed by atoms with Crippen molar-refractivity contribution in [2.24, 2.45) is 5.10 Å². The monoisotopic (exact) mass is 367 g/mol. The van der Waals surface area contributed by atoms with Gasteiger partial charge in [0.15, 0.2) is 0 Å². The van der Waals surface area contributed by atoms with Crippen LogP contribution in [0.2, 0.25) is 5.02 Å². The van der Waals surface area contributed by atoms with E-state index in [1.165, 1.54) is 0 Å². The van der Waals surface area contributed by atoms with Crippen molar-refractivity contribution in [3.63, 3.8) is 0 Å². The molecule has 1 amide bonds. The zero-order valence-corrected chi connectivity index (χ0v) is 14.3. The number of hydrogen-bond donors (Lipinski definition) is 2. The lowest BCUT2D eigenvalue weighted by Crippen LogP contribution is -2.23. The zero-order valence-electron chi connectivity index (χ0n) is 13.5. The summed E-state index contributed by atoms with van der Waals surface area (Å²) in [7, 11) is 0. The van der Waals surface area contributed by atoms with Gasteiger partial charge in [-0.25, -0.2) is 4.79 Å². The molecule has 4 rings (SSSR count). The summed E-state index contributed by atoms with van der Waals surface area (Å²) < 4.78 is 5.28. The molecular weight excluding hydrogens is 354 g/mol. The first kappa shape index (κ1) is 16.4. The Hall–Kier alpha value is -3.12. The first-order chi connectivity index (χ1) is 12.6. The summed E-state index contributed by atoms with van der Waals surface area (Å²) in [4.78, 5) is 24.1. The van der Waals surface area contributed by atoms with Crippen LogP contribution < -0.4 is 16.4 Å². The van der Waals surface area contributed by atoms with Gasteiger partial charge in [-0.2, -0.15) is 5.10 Å². The first-order valence-corrected chi connectivity index (χ1v) is 8.39. The van der Waals surface area contributed by atoms with Crippen LogP contribution in [0.3, 0.4) is 0 Å². The molecule has 0 fully saturated rings. The molecule has 0 saturated heterocycles. The fourth-order valence-electron chi connectivity index (χ4n) is 2.88. The highest BCUT2D eigenvalue weighted by molar-refractivity contribution is 6.31. The molecule has 0 saturated carbocycles. The Labute approximate surface area is 153 Å². The third kappa shape index (κ3) is 3.07. The first-order valence-electron chi connectivity index (χ1n) is 8.01. The van der Waals surface area contributed by atoms with E-state index in [0.29, 0.717) is 28.3 Å². The number of anilines is 1. The summed E-state index contributed by atoms with van der Waals surface area (Å²) in [5, 5.41) is 8.25. The average molecular weight is 368 g/mol. The van der Waals surface area contributed by atoms with Crippen molar-refractivity contribution in [3.05, 3.63) is 75.1 Å². The van der Waals surface area contributed by atoms with Crippen molar-refractivity contribution >= 4 is 40.4 Å². The van der Waals surface area contributed by atoms with Crippen molar-refractivity contribution in [2.75, 3.05) is 5.32 Å². The van der Waals surface area contributed by atoms with Gasteiger partial charge >= 0.3 is 5.63 Å². The second kappa shape index (κ2) is 6.65. The highest BCUT2D eigenvalue weighted by Crippen LogP contribution is 2.32. The average Bonchev–Trinajstić information content (AvgIpc) is 2.93. The molecule has 0 spiro atoms. The molecule has 2 aromatic carbocycles. The van der Waals surface area contributed by atoms with Crippen molar-refractivity contribution in [3.8, 4) is 0 Å². The number of benzene rings is 2. The summed E-state index contributed by atoms with van der Waals surface area (Å²) in [6.07, 6.45) is 1.84. The molecule has 0 radical (unpaired) electrons. The number of hydrazone groups is 1. The molecule has 1 aromatic heterocycles. The van der Waals surface area contributed by atoms with Gasteiger partial charge in [0.1, 0.15) is 11.6 Å². The number of halogens is 1. The van der Waals surface area contributed by atoms with E-state index in [9.17, 15) is 9.59 Å². The van der Waals surface area contributed by atoms with E-state index in [2.05, 4.69) is 15.8 Å². The molecule has 1 atom stereocenters. The summed E-state index contributed by atoms with van der Waals surface area (Å²) in [6.45, 7) is 0. The van der Waals surface area contributed by atoms with E-state index in [1.807, 2.05) is 18.2 Å². The van der Waals surface area contributed by atoms with E-state index < -0.39 is 11.7 Å². The minimum absolute atomic E-state index is 0.204. The highest BCUT2D eigenvalue weighted by atomic mass is 35.5. The fraction of sp³-hybridized carbons (Fsp3) is 0.105. The van der Waals surface area contributed by atoms with Crippen molar-refractivity contribution < 1.29 is 9.21 Å². The zero-order chi connectivity index (χ0) is 18.1. The van der Waals surface area contributed by atoms with Gasteiger partial charge in [-0.05, 0) is 24.3 Å². The number of nitrogens with one attached hydrogen (secondary N) is 2. The maximum atomic E-state index is 12.1. The van der Waals surface area contributed by atoms with E-state index in [0.717, 1.165) is 10.9 Å². The molecule has 1 unspecified atom stereocenters. The van der Waals surface area contributed by atoms with E-state index in [4.69, 9.17) is 16.0 Å². The minimum atomic E-state index is -0.591. The molecule has 6 nitrogen and oxygen atoms in total. The number of nitrogens with zero attached hydrogens (tertiary/aromatic N) is 1. The molecule has 0 bridgehead atoms. The summed E-state index contributed by atoms with van der Waals surface area (Å²) in [5.41, 5.74) is 4.92. The summed E-state index contributed by atoms with van der Waals surface area (Å²) in [6, 6.07) is 13.7. The number of carbonyl (C=O) groups is 1. The molecule has 130 valence electrons. The Bertz CT molecular complexity index is 1090. The number of para-hydroxylation sites is 1. The molecule has 3 aromatic rings. The molecule has 1 aliphatic rings. The predicted molar refractivity (Wildman–Crippen MR) is 101 cm³/mol.